The highest BCUT2D eigenvalue weighted by Crippen LogP contribution is 2.28. The van der Waals surface area contributed by atoms with Gasteiger partial charge in [0.05, 0.1) is 24.4 Å². The van der Waals surface area contributed by atoms with E-state index in [-0.39, 0.29) is 12.5 Å². The first-order valence-corrected chi connectivity index (χ1v) is 10.9. The van der Waals surface area contributed by atoms with Crippen LogP contribution in [0.3, 0.4) is 0 Å². The van der Waals surface area contributed by atoms with Gasteiger partial charge in [-0.05, 0) is 56.2 Å². The molecule has 7 heteroatoms. The van der Waals surface area contributed by atoms with Crippen LogP contribution < -0.4 is 14.8 Å². The number of aromatic nitrogens is 1. The van der Waals surface area contributed by atoms with Crippen molar-refractivity contribution in [3.8, 4) is 11.5 Å². The van der Waals surface area contributed by atoms with E-state index in [1.54, 1.807) is 6.08 Å². The molecule has 7 nitrogen and oxygen atoms in total. The Balaban J connectivity index is 1.42. The van der Waals surface area contributed by atoms with Crippen LogP contribution in [-0.4, -0.2) is 43.2 Å². The van der Waals surface area contributed by atoms with Gasteiger partial charge in [0.2, 0.25) is 0 Å². The van der Waals surface area contributed by atoms with Gasteiger partial charge in [-0.1, -0.05) is 30.3 Å². The Morgan fingerprint density at radius 3 is 2.58 bits per heavy atom. The van der Waals surface area contributed by atoms with Gasteiger partial charge in [-0.3, -0.25) is 4.79 Å². The maximum absolute atomic E-state index is 12.0. The summed E-state index contributed by atoms with van der Waals surface area (Å²) in [5.74, 6) is 0.417. The standard InChI is InChI=1S/C26H28N2O5/c1-3-31-23-13-9-19(17-24(23)32-4-2)15-16-27-25(29)18-33-26(30)14-12-21-11-10-20-7-5-6-8-22(20)28-21/h5-14,17H,3-4,15-16,18H2,1-2H3,(H,27,29)/b14-12+. The van der Waals surface area contributed by atoms with Gasteiger partial charge in [0.1, 0.15) is 0 Å². The van der Waals surface area contributed by atoms with E-state index in [0.717, 1.165) is 16.5 Å². The second-order valence-electron chi connectivity index (χ2n) is 7.12. The average molecular weight is 449 g/mol. The van der Waals surface area contributed by atoms with Crippen molar-refractivity contribution in [1.82, 2.24) is 10.3 Å². The molecule has 0 radical (unpaired) electrons. The molecule has 0 saturated carbocycles. The molecule has 0 unspecified atom stereocenters. The number of amides is 1. The molecule has 3 aromatic rings. The number of ether oxygens (including phenoxy) is 3. The molecule has 0 bridgehead atoms. The summed E-state index contributed by atoms with van der Waals surface area (Å²) in [5.41, 5.74) is 2.48. The third-order valence-corrected chi connectivity index (χ3v) is 4.70. The minimum Gasteiger partial charge on any atom is -0.490 e. The van der Waals surface area contributed by atoms with E-state index in [4.69, 9.17) is 14.2 Å². The Morgan fingerprint density at radius 1 is 0.970 bits per heavy atom. The third-order valence-electron chi connectivity index (χ3n) is 4.70. The number of carbonyl (C=O) groups is 2. The van der Waals surface area contributed by atoms with Crippen LogP contribution in [0.25, 0.3) is 17.0 Å². The molecular formula is C26H28N2O5. The Labute approximate surface area is 193 Å². The fraction of sp³-hybridized carbons (Fsp3) is 0.269. The lowest BCUT2D eigenvalue weighted by molar-refractivity contribution is -0.143. The van der Waals surface area contributed by atoms with E-state index >= 15 is 0 Å². The van der Waals surface area contributed by atoms with Crippen LogP contribution in [0.2, 0.25) is 0 Å². The lowest BCUT2D eigenvalue weighted by Gasteiger charge is -2.12. The SMILES string of the molecule is CCOc1ccc(CCNC(=O)COC(=O)/C=C/c2ccc3ccccc3n2)cc1OCC. The van der Waals surface area contributed by atoms with Crippen molar-refractivity contribution in [2.45, 2.75) is 20.3 Å². The fourth-order valence-corrected chi connectivity index (χ4v) is 3.16. The number of esters is 1. The van der Waals surface area contributed by atoms with Crippen molar-refractivity contribution < 1.29 is 23.8 Å². The van der Waals surface area contributed by atoms with Crippen LogP contribution in [0.1, 0.15) is 25.1 Å². The van der Waals surface area contributed by atoms with Crippen molar-refractivity contribution >= 4 is 28.9 Å². The molecule has 0 spiro atoms. The second kappa shape index (κ2) is 12.2. The lowest BCUT2D eigenvalue weighted by atomic mass is 10.1. The van der Waals surface area contributed by atoms with Crippen molar-refractivity contribution in [2.24, 2.45) is 0 Å². The maximum Gasteiger partial charge on any atom is 0.331 e. The summed E-state index contributed by atoms with van der Waals surface area (Å²) in [6.45, 7) is 4.99. The zero-order valence-electron chi connectivity index (χ0n) is 18.9. The van der Waals surface area contributed by atoms with Crippen LogP contribution in [0.4, 0.5) is 0 Å². The molecule has 1 heterocycles. The summed E-state index contributed by atoms with van der Waals surface area (Å²) in [4.78, 5) is 28.4. The predicted molar refractivity (Wildman–Crippen MR) is 127 cm³/mol. The van der Waals surface area contributed by atoms with Crippen molar-refractivity contribution in [2.75, 3.05) is 26.4 Å². The van der Waals surface area contributed by atoms with Crippen molar-refractivity contribution in [3.05, 3.63) is 71.9 Å². The number of nitrogens with zero attached hydrogens (tertiary/aromatic N) is 1. The molecule has 2 aromatic carbocycles. The molecule has 1 amide bonds. The van der Waals surface area contributed by atoms with Crippen molar-refractivity contribution in [3.63, 3.8) is 0 Å². The summed E-state index contributed by atoms with van der Waals surface area (Å²) in [5, 5.41) is 3.77. The Morgan fingerprint density at radius 2 is 1.76 bits per heavy atom. The fourth-order valence-electron chi connectivity index (χ4n) is 3.16. The average Bonchev–Trinajstić information content (AvgIpc) is 2.83. The smallest absolute Gasteiger partial charge is 0.331 e. The zero-order chi connectivity index (χ0) is 23.5. The summed E-state index contributed by atoms with van der Waals surface area (Å²) < 4.78 is 16.2. The number of hydrogen-bond donors (Lipinski definition) is 1. The van der Waals surface area contributed by atoms with Crippen LogP contribution in [-0.2, 0) is 20.7 Å². The second-order valence-corrected chi connectivity index (χ2v) is 7.12. The Hall–Kier alpha value is -3.87. The zero-order valence-corrected chi connectivity index (χ0v) is 18.9. The Kier molecular flexibility index (Phi) is 8.82. The molecule has 0 aliphatic carbocycles. The quantitative estimate of drug-likeness (QED) is 0.353. The van der Waals surface area contributed by atoms with Crippen LogP contribution in [0.15, 0.2) is 60.7 Å². The van der Waals surface area contributed by atoms with Gasteiger partial charge >= 0.3 is 5.97 Å². The normalized spacial score (nSPS) is 10.8. The topological polar surface area (TPSA) is 86.8 Å². The summed E-state index contributed by atoms with van der Waals surface area (Å²) >= 11 is 0. The molecule has 0 saturated heterocycles. The van der Waals surface area contributed by atoms with Gasteiger partial charge in [-0.15, -0.1) is 0 Å². The highest BCUT2D eigenvalue weighted by Gasteiger charge is 2.08. The number of rotatable bonds is 11. The minimum absolute atomic E-state index is 0.345. The number of pyridine rings is 1. The number of nitrogens with one attached hydrogen (secondary N) is 1. The predicted octanol–water partition coefficient (Wildman–Crippen LogP) is 3.95. The monoisotopic (exact) mass is 448 g/mol. The van der Waals surface area contributed by atoms with Crippen LogP contribution in [0, 0.1) is 0 Å². The van der Waals surface area contributed by atoms with Gasteiger partial charge < -0.3 is 19.5 Å². The Bertz CT molecular complexity index is 1130. The van der Waals surface area contributed by atoms with Gasteiger partial charge in [0.15, 0.2) is 18.1 Å². The molecule has 0 aliphatic rings. The van der Waals surface area contributed by atoms with Crippen molar-refractivity contribution in [1.29, 1.82) is 0 Å². The van der Waals surface area contributed by atoms with Crippen LogP contribution in [0.5, 0.6) is 11.5 Å². The largest absolute Gasteiger partial charge is 0.490 e. The molecule has 1 N–H and O–H groups in total. The third kappa shape index (κ3) is 7.35. The first-order valence-electron chi connectivity index (χ1n) is 10.9. The first-order chi connectivity index (χ1) is 16.1. The number of carbonyl (C=O) groups excluding carboxylic acids is 2. The number of benzene rings is 2. The summed E-state index contributed by atoms with van der Waals surface area (Å²) in [7, 11) is 0. The van der Waals surface area contributed by atoms with E-state index in [1.165, 1.54) is 6.08 Å². The molecule has 0 aliphatic heterocycles. The number of para-hydroxylation sites is 1. The van der Waals surface area contributed by atoms with Crippen LogP contribution >= 0.6 is 0 Å². The number of hydrogen-bond acceptors (Lipinski definition) is 6. The molecule has 3 rings (SSSR count). The molecular weight excluding hydrogens is 420 g/mol. The molecule has 172 valence electrons. The maximum atomic E-state index is 12.0. The van der Waals surface area contributed by atoms with E-state index < -0.39 is 5.97 Å². The van der Waals surface area contributed by atoms with Gasteiger partial charge in [-0.2, -0.15) is 0 Å². The molecule has 33 heavy (non-hydrogen) atoms. The summed E-state index contributed by atoms with van der Waals surface area (Å²) in [6.07, 6.45) is 3.44. The number of fused-ring (bicyclic) bond motifs is 1. The molecule has 1 aromatic heterocycles. The van der Waals surface area contributed by atoms with E-state index in [1.807, 2.05) is 68.4 Å². The lowest BCUT2D eigenvalue weighted by Crippen LogP contribution is -2.30. The van der Waals surface area contributed by atoms with E-state index in [9.17, 15) is 9.59 Å². The highest BCUT2D eigenvalue weighted by molar-refractivity contribution is 5.89. The summed E-state index contributed by atoms with van der Waals surface area (Å²) in [6, 6.07) is 17.2. The van der Waals surface area contributed by atoms with E-state index in [0.29, 0.717) is 43.4 Å². The van der Waals surface area contributed by atoms with E-state index in [2.05, 4.69) is 10.3 Å². The van der Waals surface area contributed by atoms with Gasteiger partial charge in [-0.25, -0.2) is 9.78 Å². The van der Waals surface area contributed by atoms with Gasteiger partial charge in [0, 0.05) is 18.0 Å². The highest BCUT2D eigenvalue weighted by atomic mass is 16.5. The molecule has 0 fully saturated rings. The van der Waals surface area contributed by atoms with Gasteiger partial charge in [0.25, 0.3) is 5.91 Å². The molecule has 0 atom stereocenters. The minimum atomic E-state index is -0.604. The first kappa shape index (κ1) is 23.8.